The van der Waals surface area contributed by atoms with E-state index in [1.165, 1.54) is 12.5 Å². The van der Waals surface area contributed by atoms with Crippen LogP contribution in [0, 0.1) is 5.92 Å². The molecule has 1 heterocycles. The molecule has 3 heteroatoms. The second kappa shape index (κ2) is 2.49. The van der Waals surface area contributed by atoms with Crippen molar-refractivity contribution in [2.75, 3.05) is 0 Å². The summed E-state index contributed by atoms with van der Waals surface area (Å²) in [6.07, 6.45) is 6.11. The number of aromatic nitrogens is 1. The second-order valence-corrected chi connectivity index (χ2v) is 2.83. The zero-order valence-electron chi connectivity index (χ0n) is 6.12. The van der Waals surface area contributed by atoms with Gasteiger partial charge in [-0.3, -0.25) is 4.79 Å². The van der Waals surface area contributed by atoms with Crippen LogP contribution in [0.3, 0.4) is 0 Å². The van der Waals surface area contributed by atoms with E-state index in [1.807, 2.05) is 0 Å². The maximum Gasteiger partial charge on any atom is 0.263 e. The lowest BCUT2D eigenvalue weighted by molar-refractivity contribution is 0.0818. The Morgan fingerprint density at radius 1 is 1.64 bits per heavy atom. The minimum absolute atomic E-state index is 0.0706. The first-order valence-corrected chi connectivity index (χ1v) is 3.81. The summed E-state index contributed by atoms with van der Waals surface area (Å²) in [5, 5.41) is 0. The third-order valence-electron chi connectivity index (χ3n) is 2.12. The summed E-state index contributed by atoms with van der Waals surface area (Å²) in [5.74, 6) is 0.532. The van der Waals surface area contributed by atoms with Crippen molar-refractivity contribution in [1.29, 1.82) is 0 Å². The van der Waals surface area contributed by atoms with Gasteiger partial charge < -0.3 is 4.42 Å². The predicted octanol–water partition coefficient (Wildman–Crippen LogP) is 1.66. The predicted molar refractivity (Wildman–Crippen MR) is 38.2 cm³/mol. The van der Waals surface area contributed by atoms with E-state index in [2.05, 4.69) is 4.98 Å². The smallest absolute Gasteiger partial charge is 0.263 e. The van der Waals surface area contributed by atoms with E-state index in [1.54, 1.807) is 0 Å². The van der Waals surface area contributed by atoms with Gasteiger partial charge in [0.2, 0.25) is 5.78 Å². The van der Waals surface area contributed by atoms with E-state index < -0.39 is 0 Å². The standard InChI is InChI=1S/C8H9NO2/c10-7(6-2-1-3-6)8-9-4-5-11-8/h4-6H,1-3H2. The van der Waals surface area contributed by atoms with Crippen LogP contribution in [0.15, 0.2) is 16.9 Å². The molecular weight excluding hydrogens is 142 g/mol. The van der Waals surface area contributed by atoms with Gasteiger partial charge in [-0.05, 0) is 12.8 Å². The van der Waals surface area contributed by atoms with Crippen LogP contribution in [0.25, 0.3) is 0 Å². The van der Waals surface area contributed by atoms with Crippen LogP contribution in [0.4, 0.5) is 0 Å². The first-order valence-electron chi connectivity index (χ1n) is 3.81. The van der Waals surface area contributed by atoms with Gasteiger partial charge in [0.25, 0.3) is 5.89 Å². The zero-order chi connectivity index (χ0) is 7.68. The van der Waals surface area contributed by atoms with Gasteiger partial charge in [-0.1, -0.05) is 6.42 Å². The Labute approximate surface area is 64.4 Å². The first kappa shape index (κ1) is 6.58. The minimum atomic E-state index is 0.0706. The van der Waals surface area contributed by atoms with E-state index in [9.17, 15) is 4.79 Å². The number of hydrogen-bond acceptors (Lipinski definition) is 3. The Morgan fingerprint density at radius 3 is 2.91 bits per heavy atom. The number of carbonyl (C=O) groups is 1. The Hall–Kier alpha value is -1.12. The number of rotatable bonds is 2. The van der Waals surface area contributed by atoms with Crippen molar-refractivity contribution in [3.05, 3.63) is 18.4 Å². The highest BCUT2D eigenvalue weighted by Crippen LogP contribution is 2.29. The van der Waals surface area contributed by atoms with E-state index in [-0.39, 0.29) is 17.6 Å². The monoisotopic (exact) mass is 151 g/mol. The molecule has 1 saturated carbocycles. The highest BCUT2D eigenvalue weighted by molar-refractivity contribution is 5.94. The molecule has 3 nitrogen and oxygen atoms in total. The third kappa shape index (κ3) is 1.06. The minimum Gasteiger partial charge on any atom is -0.442 e. The van der Waals surface area contributed by atoms with Crippen molar-refractivity contribution in [3.8, 4) is 0 Å². The fourth-order valence-corrected chi connectivity index (χ4v) is 1.19. The third-order valence-corrected chi connectivity index (χ3v) is 2.12. The van der Waals surface area contributed by atoms with Crippen molar-refractivity contribution >= 4 is 5.78 Å². The molecule has 0 bridgehead atoms. The Kier molecular flexibility index (Phi) is 1.49. The molecule has 0 aromatic carbocycles. The van der Waals surface area contributed by atoms with Crippen molar-refractivity contribution in [2.24, 2.45) is 5.92 Å². The summed E-state index contributed by atoms with van der Waals surface area (Å²) in [7, 11) is 0. The van der Waals surface area contributed by atoms with Gasteiger partial charge in [-0.25, -0.2) is 4.98 Å². The second-order valence-electron chi connectivity index (χ2n) is 2.83. The van der Waals surface area contributed by atoms with Crippen molar-refractivity contribution in [1.82, 2.24) is 4.98 Å². The summed E-state index contributed by atoms with van der Waals surface area (Å²) in [6.45, 7) is 0. The maximum absolute atomic E-state index is 11.3. The summed E-state index contributed by atoms with van der Waals surface area (Å²) in [5.41, 5.74) is 0. The molecular formula is C8H9NO2. The van der Waals surface area contributed by atoms with Gasteiger partial charge in [-0.15, -0.1) is 0 Å². The van der Waals surface area contributed by atoms with Gasteiger partial charge >= 0.3 is 0 Å². The number of oxazole rings is 1. The zero-order valence-corrected chi connectivity index (χ0v) is 6.12. The van der Waals surface area contributed by atoms with Gasteiger partial charge in [-0.2, -0.15) is 0 Å². The van der Waals surface area contributed by atoms with Gasteiger partial charge in [0.05, 0.1) is 6.20 Å². The van der Waals surface area contributed by atoms with Crippen LogP contribution >= 0.6 is 0 Å². The van der Waals surface area contributed by atoms with E-state index in [4.69, 9.17) is 4.42 Å². The fourth-order valence-electron chi connectivity index (χ4n) is 1.19. The van der Waals surface area contributed by atoms with Crippen LogP contribution in [0.2, 0.25) is 0 Å². The molecule has 0 radical (unpaired) electrons. The molecule has 0 amide bonds. The number of ketones is 1. The van der Waals surface area contributed by atoms with Crippen molar-refractivity contribution in [3.63, 3.8) is 0 Å². The fraction of sp³-hybridized carbons (Fsp3) is 0.500. The van der Waals surface area contributed by atoms with Crippen LogP contribution in [-0.2, 0) is 0 Å². The number of carbonyl (C=O) groups excluding carboxylic acids is 1. The Morgan fingerprint density at radius 2 is 2.45 bits per heavy atom. The molecule has 0 saturated heterocycles. The topological polar surface area (TPSA) is 43.1 Å². The lowest BCUT2D eigenvalue weighted by atomic mass is 9.82. The van der Waals surface area contributed by atoms with Crippen LogP contribution in [-0.4, -0.2) is 10.8 Å². The molecule has 0 spiro atoms. The first-order chi connectivity index (χ1) is 5.38. The largest absolute Gasteiger partial charge is 0.442 e. The van der Waals surface area contributed by atoms with E-state index in [0.717, 1.165) is 19.3 Å². The average molecular weight is 151 g/mol. The summed E-state index contributed by atoms with van der Waals surface area (Å²) >= 11 is 0. The van der Waals surface area contributed by atoms with Gasteiger partial charge in [0, 0.05) is 5.92 Å². The number of hydrogen-bond donors (Lipinski definition) is 0. The molecule has 2 rings (SSSR count). The summed E-state index contributed by atoms with van der Waals surface area (Å²) in [6, 6.07) is 0. The van der Waals surface area contributed by atoms with E-state index in [0.29, 0.717) is 0 Å². The molecule has 1 fully saturated rings. The highest BCUT2D eigenvalue weighted by Gasteiger charge is 2.28. The van der Waals surface area contributed by atoms with Crippen molar-refractivity contribution < 1.29 is 9.21 Å². The molecule has 0 N–H and O–H groups in total. The number of Topliss-reactive ketones (excluding diaryl/α,β-unsaturated/α-hetero) is 1. The molecule has 0 atom stereocenters. The molecule has 1 aliphatic rings. The molecule has 0 unspecified atom stereocenters. The van der Waals surface area contributed by atoms with Crippen LogP contribution in [0.1, 0.15) is 29.9 Å². The van der Waals surface area contributed by atoms with Gasteiger partial charge in [0.15, 0.2) is 0 Å². The maximum atomic E-state index is 11.3. The van der Waals surface area contributed by atoms with Crippen molar-refractivity contribution in [2.45, 2.75) is 19.3 Å². The normalized spacial score (nSPS) is 17.8. The Balaban J connectivity index is 2.10. The average Bonchev–Trinajstić information content (AvgIpc) is 2.32. The Bertz CT molecular complexity index is 249. The van der Waals surface area contributed by atoms with E-state index >= 15 is 0 Å². The summed E-state index contributed by atoms with van der Waals surface area (Å²) in [4.78, 5) is 15.1. The molecule has 1 aromatic heterocycles. The van der Waals surface area contributed by atoms with Crippen LogP contribution in [0.5, 0.6) is 0 Å². The lowest BCUT2D eigenvalue weighted by Crippen LogP contribution is -2.22. The summed E-state index contributed by atoms with van der Waals surface area (Å²) < 4.78 is 4.89. The van der Waals surface area contributed by atoms with Gasteiger partial charge in [0.1, 0.15) is 6.26 Å². The number of nitrogens with zero attached hydrogens (tertiary/aromatic N) is 1. The molecule has 0 aliphatic heterocycles. The molecule has 11 heavy (non-hydrogen) atoms. The SMILES string of the molecule is O=C(c1ncco1)C1CCC1. The molecule has 1 aliphatic carbocycles. The highest BCUT2D eigenvalue weighted by atomic mass is 16.3. The molecule has 58 valence electrons. The molecule has 1 aromatic rings. The lowest BCUT2D eigenvalue weighted by Gasteiger charge is -2.21. The van der Waals surface area contributed by atoms with Crippen LogP contribution < -0.4 is 0 Å². The quantitative estimate of drug-likeness (QED) is 0.603.